The van der Waals surface area contributed by atoms with Crippen LogP contribution < -0.4 is 16.1 Å². The first-order valence-electron chi connectivity index (χ1n) is 4.97. The zero-order valence-corrected chi connectivity index (χ0v) is 9.08. The standard InChI is InChI=1S/C10H15N3O4/c11-6-7-12-10(16,9(14)15)13(17)8-4-2-1-3-5-8/h1-5,12,16-17H,6-7,11H2,(H,14,15)/t10-/m0/s1. The molecule has 0 radical (unpaired) electrons. The van der Waals surface area contributed by atoms with Gasteiger partial charge < -0.3 is 15.9 Å². The topological polar surface area (TPSA) is 119 Å². The normalized spacial score (nSPS) is 14.1. The number of anilines is 1. The van der Waals surface area contributed by atoms with Crippen molar-refractivity contribution in [2.75, 3.05) is 18.2 Å². The number of hydrogen-bond donors (Lipinski definition) is 5. The van der Waals surface area contributed by atoms with Crippen LogP contribution in [-0.2, 0) is 4.79 Å². The molecule has 0 aromatic heterocycles. The van der Waals surface area contributed by atoms with Crippen LogP contribution in [0.4, 0.5) is 5.69 Å². The van der Waals surface area contributed by atoms with Crippen molar-refractivity contribution in [3.63, 3.8) is 0 Å². The minimum Gasteiger partial charge on any atom is -0.477 e. The molecular formula is C10H15N3O4. The summed E-state index contributed by atoms with van der Waals surface area (Å²) in [4.78, 5) is 11.0. The number of hydroxylamine groups is 1. The maximum Gasteiger partial charge on any atom is 0.376 e. The van der Waals surface area contributed by atoms with E-state index in [1.54, 1.807) is 18.2 Å². The van der Waals surface area contributed by atoms with Crippen LogP contribution in [0.5, 0.6) is 0 Å². The Hall–Kier alpha value is -1.67. The molecule has 7 nitrogen and oxygen atoms in total. The van der Waals surface area contributed by atoms with Crippen LogP contribution in [0.25, 0.3) is 0 Å². The van der Waals surface area contributed by atoms with Crippen molar-refractivity contribution in [2.45, 2.75) is 5.85 Å². The van der Waals surface area contributed by atoms with Gasteiger partial charge in [0.15, 0.2) is 0 Å². The van der Waals surface area contributed by atoms with E-state index in [0.717, 1.165) is 0 Å². The third-order valence-corrected chi connectivity index (χ3v) is 2.12. The quantitative estimate of drug-likeness (QED) is 0.325. The van der Waals surface area contributed by atoms with E-state index in [4.69, 9.17) is 10.8 Å². The number of rotatable bonds is 6. The summed E-state index contributed by atoms with van der Waals surface area (Å²) in [6.45, 7) is 0.158. The van der Waals surface area contributed by atoms with Gasteiger partial charge in [0.25, 0.3) is 0 Å². The lowest BCUT2D eigenvalue weighted by atomic mass is 10.3. The van der Waals surface area contributed by atoms with Crippen LogP contribution in [0.2, 0.25) is 0 Å². The summed E-state index contributed by atoms with van der Waals surface area (Å²) in [5, 5.41) is 31.0. The molecule has 0 heterocycles. The SMILES string of the molecule is NCCN[C@@](O)(C(=O)O)N(O)c1ccccc1. The number of aliphatic carboxylic acids is 1. The van der Waals surface area contributed by atoms with Crippen LogP contribution in [0.15, 0.2) is 30.3 Å². The van der Waals surface area contributed by atoms with Gasteiger partial charge in [0.05, 0.1) is 5.69 Å². The van der Waals surface area contributed by atoms with Gasteiger partial charge in [-0.05, 0) is 12.1 Å². The Bertz CT molecular complexity index is 373. The summed E-state index contributed by atoms with van der Waals surface area (Å²) >= 11 is 0. The number of benzene rings is 1. The van der Waals surface area contributed by atoms with Crippen LogP contribution >= 0.6 is 0 Å². The first-order valence-corrected chi connectivity index (χ1v) is 4.97. The molecule has 1 aromatic carbocycles. The first kappa shape index (κ1) is 13.4. The average molecular weight is 241 g/mol. The lowest BCUT2D eigenvalue weighted by molar-refractivity contribution is -0.170. The Morgan fingerprint density at radius 3 is 2.47 bits per heavy atom. The molecule has 1 atom stereocenters. The Balaban J connectivity index is 2.95. The maximum atomic E-state index is 11.0. The predicted molar refractivity (Wildman–Crippen MR) is 60.4 cm³/mol. The lowest BCUT2D eigenvalue weighted by Crippen LogP contribution is -2.64. The summed E-state index contributed by atoms with van der Waals surface area (Å²) < 4.78 is 0. The molecule has 0 fully saturated rings. The summed E-state index contributed by atoms with van der Waals surface area (Å²) in [6, 6.07) is 7.81. The minimum atomic E-state index is -2.61. The zero-order valence-electron chi connectivity index (χ0n) is 9.08. The van der Waals surface area contributed by atoms with E-state index < -0.39 is 11.8 Å². The number of hydrogen-bond acceptors (Lipinski definition) is 6. The number of nitrogens with zero attached hydrogens (tertiary/aromatic N) is 1. The fraction of sp³-hybridized carbons (Fsp3) is 0.300. The van der Waals surface area contributed by atoms with Crippen molar-refractivity contribution in [3.05, 3.63) is 30.3 Å². The van der Waals surface area contributed by atoms with E-state index in [-0.39, 0.29) is 23.8 Å². The smallest absolute Gasteiger partial charge is 0.376 e. The average Bonchev–Trinajstić information content (AvgIpc) is 2.35. The van der Waals surface area contributed by atoms with E-state index in [9.17, 15) is 15.1 Å². The zero-order chi connectivity index (χ0) is 12.9. The van der Waals surface area contributed by atoms with Gasteiger partial charge in [-0.2, -0.15) is 0 Å². The molecule has 0 saturated heterocycles. The summed E-state index contributed by atoms with van der Waals surface area (Å²) in [6.07, 6.45) is 0. The number of carboxylic acid groups (broad SMARTS) is 1. The van der Waals surface area contributed by atoms with Crippen molar-refractivity contribution < 1.29 is 20.2 Å². The molecule has 1 rings (SSSR count). The van der Waals surface area contributed by atoms with E-state index in [2.05, 4.69) is 5.32 Å². The largest absolute Gasteiger partial charge is 0.477 e. The van der Waals surface area contributed by atoms with Crippen LogP contribution in [0.3, 0.4) is 0 Å². The highest BCUT2D eigenvalue weighted by atomic mass is 16.6. The molecule has 0 aliphatic heterocycles. The number of aliphatic hydroxyl groups is 1. The Labute approximate surface area is 98.0 Å². The first-order chi connectivity index (χ1) is 8.02. The van der Waals surface area contributed by atoms with Crippen LogP contribution in [-0.4, -0.2) is 40.3 Å². The third kappa shape index (κ3) is 2.92. The van der Waals surface area contributed by atoms with E-state index in [0.29, 0.717) is 0 Å². The van der Waals surface area contributed by atoms with E-state index in [1.807, 2.05) is 0 Å². The summed E-state index contributed by atoms with van der Waals surface area (Å²) in [5.41, 5.74) is 5.35. The Morgan fingerprint density at radius 2 is 2.00 bits per heavy atom. The molecule has 0 unspecified atom stereocenters. The van der Waals surface area contributed by atoms with Gasteiger partial charge in [-0.1, -0.05) is 18.2 Å². The summed E-state index contributed by atoms with van der Waals surface area (Å²) in [7, 11) is 0. The number of carbonyl (C=O) groups is 1. The molecule has 0 spiro atoms. The third-order valence-electron chi connectivity index (χ3n) is 2.12. The Kier molecular flexibility index (Phi) is 4.41. The molecule has 6 N–H and O–H groups in total. The molecule has 0 aliphatic carbocycles. The van der Waals surface area contributed by atoms with E-state index in [1.165, 1.54) is 12.1 Å². The second kappa shape index (κ2) is 5.60. The number of nitrogens with two attached hydrogens (primary N) is 1. The molecule has 1 aromatic rings. The highest BCUT2D eigenvalue weighted by molar-refractivity contribution is 5.80. The molecule has 0 bridgehead atoms. The van der Waals surface area contributed by atoms with Crippen molar-refractivity contribution in [3.8, 4) is 0 Å². The number of para-hydroxylation sites is 1. The highest BCUT2D eigenvalue weighted by Gasteiger charge is 2.42. The lowest BCUT2D eigenvalue weighted by Gasteiger charge is -2.32. The fourth-order valence-electron chi connectivity index (χ4n) is 1.24. The minimum absolute atomic E-state index is 0.0344. The molecule has 17 heavy (non-hydrogen) atoms. The molecule has 0 amide bonds. The number of nitrogens with one attached hydrogen (secondary N) is 1. The molecule has 7 heteroatoms. The fourth-order valence-corrected chi connectivity index (χ4v) is 1.24. The summed E-state index contributed by atoms with van der Waals surface area (Å²) in [5.74, 6) is -4.24. The van der Waals surface area contributed by atoms with Crippen molar-refractivity contribution in [1.82, 2.24) is 5.32 Å². The predicted octanol–water partition coefficient (Wildman–Crippen LogP) is -0.839. The molecular weight excluding hydrogens is 226 g/mol. The highest BCUT2D eigenvalue weighted by Crippen LogP contribution is 2.18. The molecule has 0 saturated carbocycles. The second-order valence-electron chi connectivity index (χ2n) is 3.34. The van der Waals surface area contributed by atoms with Crippen molar-refractivity contribution in [2.24, 2.45) is 5.73 Å². The van der Waals surface area contributed by atoms with Gasteiger partial charge in [-0.25, -0.2) is 9.86 Å². The van der Waals surface area contributed by atoms with Gasteiger partial charge in [-0.15, -0.1) is 0 Å². The van der Waals surface area contributed by atoms with Crippen molar-refractivity contribution in [1.29, 1.82) is 0 Å². The van der Waals surface area contributed by atoms with Crippen LogP contribution in [0.1, 0.15) is 0 Å². The van der Waals surface area contributed by atoms with Crippen molar-refractivity contribution >= 4 is 11.7 Å². The van der Waals surface area contributed by atoms with Gasteiger partial charge in [0, 0.05) is 13.1 Å². The second-order valence-corrected chi connectivity index (χ2v) is 3.34. The van der Waals surface area contributed by atoms with E-state index >= 15 is 0 Å². The van der Waals surface area contributed by atoms with Crippen LogP contribution in [0, 0.1) is 0 Å². The molecule has 94 valence electrons. The Morgan fingerprint density at radius 1 is 1.41 bits per heavy atom. The number of carboxylic acids is 1. The van der Waals surface area contributed by atoms with Gasteiger partial charge in [0.2, 0.25) is 0 Å². The van der Waals surface area contributed by atoms with Gasteiger partial charge >= 0.3 is 11.8 Å². The monoisotopic (exact) mass is 241 g/mol. The van der Waals surface area contributed by atoms with Gasteiger partial charge in [-0.3, -0.25) is 10.5 Å². The molecule has 0 aliphatic rings. The van der Waals surface area contributed by atoms with Gasteiger partial charge in [0.1, 0.15) is 0 Å². The maximum absolute atomic E-state index is 11.0.